The highest BCUT2D eigenvalue weighted by molar-refractivity contribution is 6.25. The van der Waals surface area contributed by atoms with Gasteiger partial charge in [0.25, 0.3) is 0 Å². The minimum atomic E-state index is 1.22. The summed E-state index contributed by atoms with van der Waals surface area (Å²) in [5.41, 5.74) is 15.4. The van der Waals surface area contributed by atoms with Crippen LogP contribution in [0.4, 0.5) is 0 Å². The van der Waals surface area contributed by atoms with Crippen molar-refractivity contribution < 1.29 is 0 Å². The van der Waals surface area contributed by atoms with Gasteiger partial charge in [0, 0.05) is 0 Å². The molecule has 0 saturated carbocycles. The van der Waals surface area contributed by atoms with Crippen LogP contribution in [0.3, 0.4) is 0 Å². The molecule has 0 nitrogen and oxygen atoms in total. The second kappa shape index (κ2) is 14.7. The van der Waals surface area contributed by atoms with E-state index in [1.54, 1.807) is 0 Å². The number of hydrogen-bond acceptors (Lipinski definition) is 0. The highest BCUT2D eigenvalue weighted by Gasteiger charge is 2.21. The van der Waals surface area contributed by atoms with Crippen molar-refractivity contribution in [3.05, 3.63) is 229 Å². The molecule has 0 unspecified atom stereocenters. The Labute approximate surface area is 385 Å². The first-order chi connectivity index (χ1) is 32.4. The average Bonchev–Trinajstić information content (AvgIpc) is 3.37. The van der Waals surface area contributed by atoms with Gasteiger partial charge in [-0.1, -0.05) is 194 Å². The van der Waals surface area contributed by atoms with Gasteiger partial charge in [-0.2, -0.15) is 0 Å². The van der Waals surface area contributed by atoms with Crippen molar-refractivity contribution in [3.63, 3.8) is 0 Å². The molecule has 0 heteroatoms. The first-order valence-corrected chi connectivity index (χ1v) is 23.3. The van der Waals surface area contributed by atoms with E-state index in [9.17, 15) is 0 Å². The van der Waals surface area contributed by atoms with Gasteiger partial charge in [0.2, 0.25) is 0 Å². The van der Waals surface area contributed by atoms with E-state index in [0.29, 0.717) is 0 Å². The largest absolute Gasteiger partial charge is 0.0616 e. The quantitative estimate of drug-likeness (QED) is 0.155. The Hall–Kier alpha value is -8.06. The molecular weight excluding hydrogens is 793 g/mol. The first kappa shape index (κ1) is 38.4. The summed E-state index contributed by atoms with van der Waals surface area (Å²) in [7, 11) is 0. The third kappa shape index (κ3) is 5.58. The summed E-state index contributed by atoms with van der Waals surface area (Å²) < 4.78 is 0. The van der Waals surface area contributed by atoms with Crippen molar-refractivity contribution in [2.45, 2.75) is 27.7 Å². The zero-order valence-corrected chi connectivity index (χ0v) is 37.6. The van der Waals surface area contributed by atoms with Crippen LogP contribution in [0, 0.1) is 27.7 Å². The van der Waals surface area contributed by atoms with Crippen molar-refractivity contribution in [2.24, 2.45) is 0 Å². The molecule has 310 valence electrons. The Morgan fingerprint density at radius 2 is 0.379 bits per heavy atom. The van der Waals surface area contributed by atoms with E-state index in [1.165, 1.54) is 153 Å². The fraction of sp³-hybridized carbons (Fsp3) is 0.0606. The van der Waals surface area contributed by atoms with Gasteiger partial charge in [0.15, 0.2) is 0 Å². The Bertz CT molecular complexity index is 4070. The maximum Gasteiger partial charge on any atom is -0.00141 e. The van der Waals surface area contributed by atoms with Gasteiger partial charge in [-0.25, -0.2) is 0 Å². The topological polar surface area (TPSA) is 0 Å². The summed E-state index contributed by atoms with van der Waals surface area (Å²) in [6.45, 7) is 9.13. The number of fused-ring (bicyclic) bond motifs is 8. The molecule has 0 saturated heterocycles. The van der Waals surface area contributed by atoms with Crippen molar-refractivity contribution in [3.8, 4) is 44.5 Å². The molecule has 0 radical (unpaired) electrons. The van der Waals surface area contributed by atoms with Gasteiger partial charge in [-0.05, 0) is 193 Å². The molecule has 0 heterocycles. The molecule has 0 amide bonds. The predicted octanol–water partition coefficient (Wildman–Crippen LogP) is 18.8. The number of rotatable bonds is 4. The van der Waals surface area contributed by atoms with Crippen molar-refractivity contribution in [1.29, 1.82) is 0 Å². The third-order valence-electron chi connectivity index (χ3n) is 15.0. The van der Waals surface area contributed by atoms with Gasteiger partial charge in [0.1, 0.15) is 0 Å². The molecule has 0 spiro atoms. The molecule has 13 aromatic rings. The lowest BCUT2D eigenvalue weighted by Gasteiger charge is -2.21. The molecule has 0 bridgehead atoms. The SMILES string of the molecule is Cc1c2ccccc2c(-c2ccc(-c3c4ccccc4c(C)c4ccc(-c5ccc6c(-c7c8ccccc8c(C)c8ccccc78)c7ccccc7c(C)c6c5)cc34)cc2)c2ccccc12. The van der Waals surface area contributed by atoms with Gasteiger partial charge in [-0.3, -0.25) is 0 Å². The Kier molecular flexibility index (Phi) is 8.58. The zero-order chi connectivity index (χ0) is 44.2. The van der Waals surface area contributed by atoms with Gasteiger partial charge in [-0.15, -0.1) is 0 Å². The molecule has 0 atom stereocenters. The highest BCUT2D eigenvalue weighted by Crippen LogP contribution is 2.48. The van der Waals surface area contributed by atoms with Gasteiger partial charge < -0.3 is 0 Å². The van der Waals surface area contributed by atoms with Crippen LogP contribution in [0.2, 0.25) is 0 Å². The molecule has 66 heavy (non-hydrogen) atoms. The lowest BCUT2D eigenvalue weighted by Crippen LogP contribution is -1.94. The smallest absolute Gasteiger partial charge is 0.00141 e. The van der Waals surface area contributed by atoms with Crippen LogP contribution < -0.4 is 0 Å². The van der Waals surface area contributed by atoms with Crippen molar-refractivity contribution in [2.75, 3.05) is 0 Å². The zero-order valence-electron chi connectivity index (χ0n) is 37.6. The lowest BCUT2D eigenvalue weighted by atomic mass is 9.82. The summed E-state index contributed by atoms with van der Waals surface area (Å²) in [6.07, 6.45) is 0. The monoisotopic (exact) mass is 838 g/mol. The third-order valence-corrected chi connectivity index (χ3v) is 15.0. The van der Waals surface area contributed by atoms with Crippen LogP contribution in [0.5, 0.6) is 0 Å². The van der Waals surface area contributed by atoms with E-state index in [-0.39, 0.29) is 0 Å². The molecule has 0 N–H and O–H groups in total. The number of hydrogen-bond donors (Lipinski definition) is 0. The summed E-state index contributed by atoms with van der Waals surface area (Å²) in [6, 6.07) is 77.4. The molecule has 0 fully saturated rings. The maximum atomic E-state index is 2.46. The molecule has 0 aliphatic carbocycles. The molecule has 0 aliphatic rings. The van der Waals surface area contributed by atoms with E-state index in [1.807, 2.05) is 0 Å². The van der Waals surface area contributed by atoms with Crippen LogP contribution in [-0.4, -0.2) is 0 Å². The normalized spacial score (nSPS) is 11.9. The van der Waals surface area contributed by atoms with Crippen LogP contribution in [-0.2, 0) is 0 Å². The van der Waals surface area contributed by atoms with Gasteiger partial charge in [0.05, 0.1) is 0 Å². The molecule has 0 aliphatic heterocycles. The summed E-state index contributed by atoms with van der Waals surface area (Å²) in [5, 5.41) is 20.7. The van der Waals surface area contributed by atoms with Crippen LogP contribution in [0.25, 0.3) is 131 Å². The number of aryl methyl sites for hydroxylation is 4. The standard InChI is InChI=1S/C66H46/c1-39-47-17-5-11-23-54(47)63(55-24-12-6-18-48(39)55)43-29-31-44(32-30-43)64-56-25-13-7-19-49(56)41(3)53-35-33-46(38-62(53)64)45-34-36-60-61(37-45)42(4)52-22-10-16-28-59(52)66(60)65-57-26-14-8-20-50(57)40(2)51-21-9-15-27-58(51)65/h5-38H,1-4H3. The molecule has 13 aromatic carbocycles. The summed E-state index contributed by atoms with van der Waals surface area (Å²) in [4.78, 5) is 0. The van der Waals surface area contributed by atoms with E-state index >= 15 is 0 Å². The van der Waals surface area contributed by atoms with Gasteiger partial charge >= 0.3 is 0 Å². The van der Waals surface area contributed by atoms with Crippen LogP contribution in [0.1, 0.15) is 22.3 Å². The Morgan fingerprint density at radius 3 is 0.727 bits per heavy atom. The molecular formula is C66H46. The molecule has 0 aromatic heterocycles. The summed E-state index contributed by atoms with van der Waals surface area (Å²) in [5.74, 6) is 0. The Morgan fingerprint density at radius 1 is 0.167 bits per heavy atom. The molecule has 13 rings (SSSR count). The minimum absolute atomic E-state index is 1.22. The van der Waals surface area contributed by atoms with Crippen molar-refractivity contribution in [1.82, 2.24) is 0 Å². The lowest BCUT2D eigenvalue weighted by molar-refractivity contribution is 1.56. The van der Waals surface area contributed by atoms with E-state index in [4.69, 9.17) is 0 Å². The average molecular weight is 839 g/mol. The highest BCUT2D eigenvalue weighted by atomic mass is 14.2. The first-order valence-electron chi connectivity index (χ1n) is 23.3. The second-order valence-corrected chi connectivity index (χ2v) is 18.4. The fourth-order valence-electron chi connectivity index (χ4n) is 11.8. The fourth-order valence-corrected chi connectivity index (χ4v) is 11.8. The van der Waals surface area contributed by atoms with Crippen LogP contribution in [0.15, 0.2) is 206 Å². The second-order valence-electron chi connectivity index (χ2n) is 18.4. The maximum absolute atomic E-state index is 2.46. The Balaban J connectivity index is 1.03. The number of benzene rings is 13. The van der Waals surface area contributed by atoms with Crippen LogP contribution >= 0.6 is 0 Å². The van der Waals surface area contributed by atoms with E-state index < -0.39 is 0 Å². The van der Waals surface area contributed by atoms with E-state index in [2.05, 4.69) is 234 Å². The minimum Gasteiger partial charge on any atom is -0.0616 e. The van der Waals surface area contributed by atoms with E-state index in [0.717, 1.165) is 0 Å². The summed E-state index contributed by atoms with van der Waals surface area (Å²) >= 11 is 0. The van der Waals surface area contributed by atoms with Crippen molar-refractivity contribution >= 4 is 86.2 Å². The predicted molar refractivity (Wildman–Crippen MR) is 287 cm³/mol.